The first kappa shape index (κ1) is 38.9. The summed E-state index contributed by atoms with van der Waals surface area (Å²) in [6.45, 7) is 0. The Labute approximate surface area is 321 Å². The zero-order valence-electron chi connectivity index (χ0n) is 30.4. The number of carboxylic acid groups (broad SMARTS) is 1. The number of nitrogens with one attached hydrogen (secondary N) is 4. The van der Waals surface area contributed by atoms with Crippen LogP contribution < -0.4 is 24.8 Å². The van der Waals surface area contributed by atoms with E-state index in [0.717, 1.165) is 61.9 Å². The molecule has 18 heteroatoms. The van der Waals surface area contributed by atoms with E-state index in [-0.39, 0.29) is 0 Å². The minimum absolute atomic E-state index is 0.473. The van der Waals surface area contributed by atoms with Crippen molar-refractivity contribution in [1.29, 1.82) is 0 Å². The number of ether oxygens (including phenoxy) is 3. The Morgan fingerprint density at radius 1 is 0.614 bits per heavy atom. The maximum atomic E-state index is 10.6. The monoisotopic (exact) mass is 778 g/mol. The third-order valence-corrected chi connectivity index (χ3v) is 7.99. The molecule has 4 aromatic heterocycles. The molecule has 0 spiro atoms. The van der Waals surface area contributed by atoms with Gasteiger partial charge in [-0.15, -0.1) is 0 Å². The molecule has 57 heavy (non-hydrogen) atoms. The summed E-state index contributed by atoms with van der Waals surface area (Å²) in [5.74, 6) is 0.550. The van der Waals surface area contributed by atoms with Crippen molar-refractivity contribution in [3.05, 3.63) is 116 Å². The van der Waals surface area contributed by atoms with Gasteiger partial charge in [-0.2, -0.15) is 33.3 Å². The number of alkyl halides is 3. The molecular weight excluding hydrogens is 745 g/mol. The number of aromatic nitrogens is 8. The third-order valence-electron chi connectivity index (χ3n) is 7.99. The second-order valence-corrected chi connectivity index (χ2v) is 11.6. The second-order valence-electron chi connectivity index (χ2n) is 11.6. The Kier molecular flexibility index (Phi) is 12.0. The molecule has 0 bridgehead atoms. The topological polar surface area (TPSA) is 198 Å². The van der Waals surface area contributed by atoms with Crippen molar-refractivity contribution in [2.75, 3.05) is 32.0 Å². The minimum atomic E-state index is -5.08. The molecule has 4 aromatic carbocycles. The van der Waals surface area contributed by atoms with Crippen LogP contribution >= 0.6 is 0 Å². The van der Waals surface area contributed by atoms with Crippen LogP contribution in [0.2, 0.25) is 0 Å². The number of halogens is 3. The van der Waals surface area contributed by atoms with Gasteiger partial charge < -0.3 is 30.0 Å². The van der Waals surface area contributed by atoms with Crippen LogP contribution in [-0.2, 0) is 4.79 Å². The lowest BCUT2D eigenvalue weighted by Gasteiger charge is -2.07. The maximum Gasteiger partial charge on any atom is 0.490 e. The smallest absolute Gasteiger partial charge is 0.490 e. The van der Waals surface area contributed by atoms with Gasteiger partial charge in [-0.25, -0.2) is 14.8 Å². The molecule has 290 valence electrons. The van der Waals surface area contributed by atoms with Gasteiger partial charge in [-0.1, -0.05) is 42.5 Å². The van der Waals surface area contributed by atoms with E-state index in [2.05, 4.69) is 51.0 Å². The molecule has 0 aliphatic carbocycles. The van der Waals surface area contributed by atoms with Gasteiger partial charge >= 0.3 is 12.1 Å². The number of hydrogen-bond acceptors (Lipinski definition) is 12. The van der Waals surface area contributed by atoms with Gasteiger partial charge in [0.1, 0.15) is 17.2 Å². The van der Waals surface area contributed by atoms with Gasteiger partial charge in [0, 0.05) is 34.9 Å². The fourth-order valence-corrected chi connectivity index (χ4v) is 5.29. The zero-order chi connectivity index (χ0) is 40.4. The predicted molar refractivity (Wildman–Crippen MR) is 207 cm³/mol. The molecule has 0 aliphatic heterocycles. The van der Waals surface area contributed by atoms with Crippen LogP contribution in [0.3, 0.4) is 0 Å². The van der Waals surface area contributed by atoms with Crippen LogP contribution in [0, 0.1) is 0 Å². The van der Waals surface area contributed by atoms with Crippen molar-refractivity contribution in [3.63, 3.8) is 0 Å². The number of anilines is 4. The van der Waals surface area contributed by atoms with Crippen molar-refractivity contribution in [1.82, 2.24) is 40.3 Å². The molecule has 0 saturated carbocycles. The quantitative estimate of drug-likeness (QED) is 0.0941. The highest BCUT2D eigenvalue weighted by Crippen LogP contribution is 2.34. The lowest BCUT2D eigenvalue weighted by Crippen LogP contribution is -2.21. The van der Waals surface area contributed by atoms with E-state index in [0.29, 0.717) is 23.2 Å². The summed E-state index contributed by atoms with van der Waals surface area (Å²) in [5.41, 5.74) is 6.48. The number of methoxy groups -OCH3 is 3. The standard InChI is InChI=1S/C19H17N5O2.C18H15N5O.C2HF3O2/c1-25-13-9-7-12(8-10-13)21-19-20-11-15-17(23-24-18(15)22-19)14-5-3-4-6-16(14)26-2;1-24-15-10-6-5-9-13(15)16-14-11-19-18(21-17(14)23-22-16)20-12-7-3-2-4-8-12;3-2(4,5)1(6)7/h3-11H,1-2H3,(H2,20,21,22,23,24);2-11H,1H3,(H2,19,20,21,22,23);(H,6,7). The molecule has 0 aliphatic rings. The molecule has 0 radical (unpaired) electrons. The highest BCUT2D eigenvalue weighted by atomic mass is 19.4. The van der Waals surface area contributed by atoms with Gasteiger partial charge in [-0.3, -0.25) is 10.2 Å². The number of benzene rings is 4. The van der Waals surface area contributed by atoms with E-state index < -0.39 is 12.1 Å². The van der Waals surface area contributed by atoms with Gasteiger partial charge in [0.2, 0.25) is 11.9 Å². The van der Waals surface area contributed by atoms with Crippen LogP contribution in [0.5, 0.6) is 17.2 Å². The van der Waals surface area contributed by atoms with Crippen molar-refractivity contribution < 1.29 is 37.3 Å². The first-order valence-electron chi connectivity index (χ1n) is 16.8. The second kappa shape index (κ2) is 17.6. The lowest BCUT2D eigenvalue weighted by molar-refractivity contribution is -0.192. The Hall–Kier alpha value is -7.76. The Morgan fingerprint density at radius 2 is 1.04 bits per heavy atom. The maximum absolute atomic E-state index is 10.6. The molecule has 0 saturated heterocycles. The first-order chi connectivity index (χ1) is 27.6. The van der Waals surface area contributed by atoms with E-state index in [9.17, 15) is 13.2 Å². The van der Waals surface area contributed by atoms with Crippen LogP contribution in [0.4, 0.5) is 36.4 Å². The van der Waals surface area contributed by atoms with Gasteiger partial charge in [0.05, 0.1) is 43.5 Å². The molecule has 8 rings (SSSR count). The molecule has 4 heterocycles. The lowest BCUT2D eigenvalue weighted by atomic mass is 10.1. The molecule has 5 N–H and O–H groups in total. The highest BCUT2D eigenvalue weighted by Gasteiger charge is 2.38. The van der Waals surface area contributed by atoms with Crippen molar-refractivity contribution in [2.45, 2.75) is 6.18 Å². The predicted octanol–water partition coefficient (Wildman–Crippen LogP) is 8.19. The summed E-state index contributed by atoms with van der Waals surface area (Å²) in [6.07, 6.45) is -1.57. The molecule has 0 atom stereocenters. The average Bonchev–Trinajstić information content (AvgIpc) is 3.85. The Balaban J connectivity index is 0.000000166. The molecular formula is C39H33F3N10O5. The summed E-state index contributed by atoms with van der Waals surface area (Å²) in [5, 5.41) is 29.8. The number of carboxylic acids is 1. The number of hydrogen-bond donors (Lipinski definition) is 5. The van der Waals surface area contributed by atoms with Crippen LogP contribution in [-0.4, -0.2) is 78.9 Å². The molecule has 8 aromatic rings. The van der Waals surface area contributed by atoms with E-state index in [1.807, 2.05) is 103 Å². The number of carbonyl (C=O) groups is 1. The SMILES string of the molecule is COc1ccc(Nc2ncc3c(-c4ccccc4OC)[nH]nc3n2)cc1.COc1ccccc1-c1[nH]nc2nc(Nc3ccccc3)ncc12.O=C(O)C(F)(F)F. The van der Waals surface area contributed by atoms with Crippen molar-refractivity contribution in [2.24, 2.45) is 0 Å². The fraction of sp³-hybridized carbons (Fsp3) is 0.103. The normalized spacial score (nSPS) is 10.8. The molecule has 0 amide bonds. The van der Waals surface area contributed by atoms with Gasteiger partial charge in [0.15, 0.2) is 11.3 Å². The number of fused-ring (bicyclic) bond motifs is 2. The summed E-state index contributed by atoms with van der Waals surface area (Å²) in [4.78, 5) is 26.6. The van der Waals surface area contributed by atoms with Crippen molar-refractivity contribution >= 4 is 51.3 Å². The zero-order valence-corrected chi connectivity index (χ0v) is 30.4. The summed E-state index contributed by atoms with van der Waals surface area (Å²) >= 11 is 0. The Morgan fingerprint density at radius 3 is 1.46 bits per heavy atom. The van der Waals surface area contributed by atoms with Gasteiger partial charge in [-0.05, 0) is 60.7 Å². The van der Waals surface area contributed by atoms with E-state index in [1.54, 1.807) is 33.7 Å². The summed E-state index contributed by atoms with van der Waals surface area (Å²) in [7, 11) is 4.93. The van der Waals surface area contributed by atoms with E-state index in [4.69, 9.17) is 24.1 Å². The average molecular weight is 779 g/mol. The van der Waals surface area contributed by atoms with Crippen LogP contribution in [0.15, 0.2) is 116 Å². The minimum Gasteiger partial charge on any atom is -0.497 e. The van der Waals surface area contributed by atoms with E-state index in [1.165, 1.54) is 0 Å². The summed E-state index contributed by atoms with van der Waals surface area (Å²) < 4.78 is 47.7. The number of nitrogens with zero attached hydrogens (tertiary/aromatic N) is 6. The number of aliphatic carboxylic acids is 1. The van der Waals surface area contributed by atoms with Crippen molar-refractivity contribution in [3.8, 4) is 39.8 Å². The first-order valence-corrected chi connectivity index (χ1v) is 16.8. The van der Waals surface area contributed by atoms with Crippen LogP contribution in [0.1, 0.15) is 0 Å². The van der Waals surface area contributed by atoms with Gasteiger partial charge in [0.25, 0.3) is 0 Å². The number of aromatic amines is 2. The fourth-order valence-electron chi connectivity index (χ4n) is 5.29. The number of para-hydroxylation sites is 3. The molecule has 0 fully saturated rings. The number of rotatable bonds is 9. The largest absolute Gasteiger partial charge is 0.497 e. The highest BCUT2D eigenvalue weighted by molar-refractivity contribution is 5.93. The van der Waals surface area contributed by atoms with E-state index >= 15 is 0 Å². The van der Waals surface area contributed by atoms with Crippen LogP contribution in [0.25, 0.3) is 44.6 Å². The third kappa shape index (κ3) is 9.49. The number of H-pyrrole nitrogens is 2. The Bertz CT molecular complexity index is 2580. The molecule has 0 unspecified atom stereocenters. The molecule has 15 nitrogen and oxygen atoms in total. The summed E-state index contributed by atoms with van der Waals surface area (Å²) in [6, 6.07) is 32.8.